The van der Waals surface area contributed by atoms with Crippen molar-refractivity contribution in [1.29, 1.82) is 0 Å². The minimum atomic E-state index is -2.49. The van der Waals surface area contributed by atoms with Gasteiger partial charge < -0.3 is 15.7 Å². The van der Waals surface area contributed by atoms with Crippen LogP contribution >= 0.6 is 0 Å². The fourth-order valence-corrected chi connectivity index (χ4v) is 1.87. The number of H-pyrrole nitrogens is 1. The molecule has 18 heavy (non-hydrogen) atoms. The van der Waals surface area contributed by atoms with E-state index in [0.29, 0.717) is 11.4 Å². The van der Waals surface area contributed by atoms with Gasteiger partial charge in [0.2, 0.25) is 0 Å². The predicted molar refractivity (Wildman–Crippen MR) is 65.8 cm³/mol. The van der Waals surface area contributed by atoms with E-state index in [1.54, 1.807) is 18.3 Å². The van der Waals surface area contributed by atoms with E-state index < -0.39 is 13.0 Å². The summed E-state index contributed by atoms with van der Waals surface area (Å²) in [6.07, 6.45) is -0.882. The van der Waals surface area contributed by atoms with Crippen LogP contribution in [0.25, 0.3) is 10.9 Å². The third-order valence-electron chi connectivity index (χ3n) is 2.66. The zero-order chi connectivity index (χ0) is 13.1. The van der Waals surface area contributed by atoms with Gasteiger partial charge in [0.15, 0.2) is 0 Å². The van der Waals surface area contributed by atoms with Gasteiger partial charge in [0.1, 0.15) is 0 Å². The lowest BCUT2D eigenvalue weighted by Gasteiger charge is -2.25. The molecule has 0 amide bonds. The molecule has 0 saturated heterocycles. The first-order chi connectivity index (χ1) is 8.61. The first-order valence-corrected chi connectivity index (χ1v) is 5.48. The highest BCUT2D eigenvalue weighted by Gasteiger charge is 2.15. The van der Waals surface area contributed by atoms with Crippen molar-refractivity contribution in [2.24, 2.45) is 0 Å². The van der Waals surface area contributed by atoms with Crippen molar-refractivity contribution in [3.63, 3.8) is 0 Å². The lowest BCUT2D eigenvalue weighted by Crippen LogP contribution is -2.32. The van der Waals surface area contributed by atoms with E-state index in [1.807, 2.05) is 0 Å². The van der Waals surface area contributed by atoms with Crippen LogP contribution in [0, 0.1) is 0 Å². The molecule has 0 atom stereocenters. The van der Waals surface area contributed by atoms with Crippen LogP contribution in [0.2, 0.25) is 0 Å². The smallest absolute Gasteiger partial charge is 0.255 e. The summed E-state index contributed by atoms with van der Waals surface area (Å²) in [7, 11) is 0. The number of aromatic nitrogens is 2. The molecule has 2 aromatic rings. The summed E-state index contributed by atoms with van der Waals surface area (Å²) in [5.41, 5.74) is 7.42. The second-order valence-corrected chi connectivity index (χ2v) is 3.93. The number of aromatic amines is 1. The molecule has 0 saturated carbocycles. The second kappa shape index (κ2) is 5.18. The van der Waals surface area contributed by atoms with Gasteiger partial charge in [-0.3, -0.25) is 5.10 Å². The number of anilines is 2. The lowest BCUT2D eigenvalue weighted by molar-refractivity contribution is 0.153. The molecule has 0 aliphatic heterocycles. The molecule has 0 aliphatic carbocycles. The first-order valence-electron chi connectivity index (χ1n) is 5.48. The van der Waals surface area contributed by atoms with Gasteiger partial charge >= 0.3 is 0 Å². The number of hydrogen-bond donors (Lipinski definition) is 3. The van der Waals surface area contributed by atoms with Gasteiger partial charge in [-0.2, -0.15) is 5.10 Å². The number of nitrogens with one attached hydrogen (secondary N) is 1. The number of aliphatic hydroxyl groups is 1. The largest absolute Gasteiger partial charge is 0.397 e. The van der Waals surface area contributed by atoms with Crippen molar-refractivity contribution >= 4 is 22.3 Å². The SMILES string of the molecule is Nc1cc2cn[nH]c2cc1N(CCO)CC(F)F. The fraction of sp³-hybridized carbons (Fsp3) is 0.364. The number of alkyl halides is 2. The molecule has 0 radical (unpaired) electrons. The van der Waals surface area contributed by atoms with Gasteiger partial charge in [0.25, 0.3) is 6.43 Å². The Labute approximate surface area is 102 Å². The Bertz CT molecular complexity index is 529. The van der Waals surface area contributed by atoms with Crippen LogP contribution in [0.15, 0.2) is 18.3 Å². The average Bonchev–Trinajstić information content (AvgIpc) is 2.73. The molecule has 0 spiro atoms. The maximum atomic E-state index is 12.5. The van der Waals surface area contributed by atoms with Crippen molar-refractivity contribution in [1.82, 2.24) is 10.2 Å². The summed E-state index contributed by atoms with van der Waals surface area (Å²) in [5, 5.41) is 16.4. The molecule has 0 fully saturated rings. The second-order valence-electron chi connectivity index (χ2n) is 3.93. The quantitative estimate of drug-likeness (QED) is 0.703. The van der Waals surface area contributed by atoms with E-state index >= 15 is 0 Å². The number of nitrogens with two attached hydrogens (primary N) is 1. The number of nitrogens with zero attached hydrogens (tertiary/aromatic N) is 2. The molecule has 1 aromatic carbocycles. The van der Waals surface area contributed by atoms with Gasteiger partial charge in [-0.25, -0.2) is 8.78 Å². The molecule has 4 N–H and O–H groups in total. The van der Waals surface area contributed by atoms with Crippen molar-refractivity contribution in [2.45, 2.75) is 6.43 Å². The molecular weight excluding hydrogens is 242 g/mol. The molecule has 1 aromatic heterocycles. The number of hydrogen-bond acceptors (Lipinski definition) is 4. The maximum absolute atomic E-state index is 12.5. The number of halogens is 2. The lowest BCUT2D eigenvalue weighted by atomic mass is 10.2. The van der Waals surface area contributed by atoms with Crippen LogP contribution < -0.4 is 10.6 Å². The summed E-state index contributed by atoms with van der Waals surface area (Å²) in [5.74, 6) is 0. The van der Waals surface area contributed by atoms with E-state index in [0.717, 1.165) is 10.9 Å². The summed E-state index contributed by atoms with van der Waals surface area (Å²) in [4.78, 5) is 1.36. The number of fused-ring (bicyclic) bond motifs is 1. The van der Waals surface area contributed by atoms with Gasteiger partial charge in [-0.15, -0.1) is 0 Å². The average molecular weight is 256 g/mol. The van der Waals surface area contributed by atoms with Gasteiger partial charge in [0.05, 0.1) is 36.2 Å². The monoisotopic (exact) mass is 256 g/mol. The van der Waals surface area contributed by atoms with Crippen LogP contribution in [0.5, 0.6) is 0 Å². The summed E-state index contributed by atoms with van der Waals surface area (Å²) in [6, 6.07) is 3.33. The molecular formula is C11H14F2N4O. The zero-order valence-electron chi connectivity index (χ0n) is 9.61. The fourth-order valence-electron chi connectivity index (χ4n) is 1.87. The van der Waals surface area contributed by atoms with Crippen LogP contribution in [0.4, 0.5) is 20.2 Å². The Morgan fingerprint density at radius 1 is 1.44 bits per heavy atom. The van der Waals surface area contributed by atoms with Gasteiger partial charge in [0, 0.05) is 11.9 Å². The minimum absolute atomic E-state index is 0.105. The molecule has 5 nitrogen and oxygen atoms in total. The van der Waals surface area contributed by atoms with E-state index in [-0.39, 0.29) is 13.2 Å². The number of aliphatic hydroxyl groups excluding tert-OH is 1. The number of nitrogen functional groups attached to an aromatic ring is 1. The van der Waals surface area contributed by atoms with Crippen molar-refractivity contribution in [2.75, 3.05) is 30.3 Å². The minimum Gasteiger partial charge on any atom is -0.397 e. The molecule has 0 unspecified atom stereocenters. The molecule has 0 aliphatic rings. The van der Waals surface area contributed by atoms with Crippen LogP contribution in [-0.4, -0.2) is 41.4 Å². The maximum Gasteiger partial charge on any atom is 0.255 e. The van der Waals surface area contributed by atoms with E-state index in [2.05, 4.69) is 10.2 Å². The highest BCUT2D eigenvalue weighted by atomic mass is 19.3. The van der Waals surface area contributed by atoms with Crippen molar-refractivity contribution in [3.05, 3.63) is 18.3 Å². The third kappa shape index (κ3) is 2.51. The van der Waals surface area contributed by atoms with Crippen molar-refractivity contribution in [3.8, 4) is 0 Å². The van der Waals surface area contributed by atoms with Gasteiger partial charge in [-0.1, -0.05) is 0 Å². The summed E-state index contributed by atoms with van der Waals surface area (Å²) >= 11 is 0. The normalized spacial score (nSPS) is 11.3. The Hall–Kier alpha value is -1.89. The molecule has 7 heteroatoms. The molecule has 1 heterocycles. The first kappa shape index (κ1) is 12.6. The van der Waals surface area contributed by atoms with E-state index in [4.69, 9.17) is 10.8 Å². The summed E-state index contributed by atoms with van der Waals surface area (Å²) < 4.78 is 25.0. The number of rotatable bonds is 5. The van der Waals surface area contributed by atoms with E-state index in [9.17, 15) is 8.78 Å². The Balaban J connectivity index is 2.38. The van der Waals surface area contributed by atoms with Crippen LogP contribution in [0.1, 0.15) is 0 Å². The third-order valence-corrected chi connectivity index (χ3v) is 2.66. The topological polar surface area (TPSA) is 78.2 Å². The number of benzene rings is 1. The van der Waals surface area contributed by atoms with Crippen molar-refractivity contribution < 1.29 is 13.9 Å². The Kier molecular flexibility index (Phi) is 3.61. The van der Waals surface area contributed by atoms with Gasteiger partial charge in [-0.05, 0) is 12.1 Å². The van der Waals surface area contributed by atoms with Crippen LogP contribution in [0.3, 0.4) is 0 Å². The Morgan fingerprint density at radius 3 is 2.89 bits per heavy atom. The van der Waals surface area contributed by atoms with E-state index in [1.165, 1.54) is 4.90 Å². The molecule has 2 rings (SSSR count). The van der Waals surface area contributed by atoms with Crippen LogP contribution in [-0.2, 0) is 0 Å². The molecule has 98 valence electrons. The zero-order valence-corrected chi connectivity index (χ0v) is 9.61. The highest BCUT2D eigenvalue weighted by Crippen LogP contribution is 2.28. The molecule has 0 bridgehead atoms. The highest BCUT2D eigenvalue weighted by molar-refractivity contribution is 5.88. The predicted octanol–water partition coefficient (Wildman–Crippen LogP) is 1.21. The Morgan fingerprint density at radius 2 is 2.22 bits per heavy atom. The standard InChI is InChI=1S/C11H14F2N4O/c12-11(13)6-17(1-2-18)10-4-9-7(3-8(10)14)5-15-16-9/h3-5,11,18H,1-2,6,14H2,(H,15,16). The summed E-state index contributed by atoms with van der Waals surface area (Å²) in [6.45, 7) is -0.578.